The van der Waals surface area contributed by atoms with E-state index in [-0.39, 0.29) is 13.0 Å². The topological polar surface area (TPSA) is 104 Å². The molecule has 8 nitrogen and oxygen atoms in total. The third-order valence-electron chi connectivity index (χ3n) is 4.71. The average Bonchev–Trinajstić information content (AvgIpc) is 2.93. The van der Waals surface area contributed by atoms with Crippen molar-refractivity contribution in [1.82, 2.24) is 0 Å². The van der Waals surface area contributed by atoms with Crippen LogP contribution in [0.1, 0.15) is 32.8 Å². The highest BCUT2D eigenvalue weighted by Gasteiger charge is 2.52. The summed E-state index contributed by atoms with van der Waals surface area (Å²) in [7, 11) is 0. The lowest BCUT2D eigenvalue weighted by Gasteiger charge is -2.39. The van der Waals surface area contributed by atoms with Crippen LogP contribution in [-0.2, 0) is 35.1 Å². The molecule has 0 saturated carbocycles. The fraction of sp³-hybridized carbons (Fsp3) is 0.650. The summed E-state index contributed by atoms with van der Waals surface area (Å²) in [6, 6.07) is 9.72. The first-order chi connectivity index (χ1) is 13.2. The maximum absolute atomic E-state index is 11.2. The van der Waals surface area contributed by atoms with E-state index in [4.69, 9.17) is 23.7 Å². The van der Waals surface area contributed by atoms with Crippen LogP contribution in [0.15, 0.2) is 30.3 Å². The molecule has 2 aliphatic rings. The maximum Gasteiger partial charge on any atom is 0.304 e. The van der Waals surface area contributed by atoms with E-state index in [2.05, 4.69) is 0 Å². The van der Waals surface area contributed by atoms with Gasteiger partial charge < -0.3 is 33.9 Å². The molecule has 2 N–H and O–H groups in total. The smallest absolute Gasteiger partial charge is 0.304 e. The molecule has 0 bridgehead atoms. The highest BCUT2D eigenvalue weighted by atomic mass is 16.8. The van der Waals surface area contributed by atoms with Gasteiger partial charge in [-0.25, -0.2) is 0 Å². The summed E-state index contributed by atoms with van der Waals surface area (Å²) in [5.74, 6) is -1.44. The molecule has 0 unspecified atom stereocenters. The van der Waals surface area contributed by atoms with Gasteiger partial charge in [0.05, 0.1) is 19.3 Å². The third-order valence-corrected chi connectivity index (χ3v) is 4.71. The summed E-state index contributed by atoms with van der Waals surface area (Å²) < 4.78 is 28.4. The van der Waals surface area contributed by atoms with Crippen molar-refractivity contribution in [2.75, 3.05) is 6.61 Å². The summed E-state index contributed by atoms with van der Waals surface area (Å²) in [5, 5.41) is 20.6. The lowest BCUT2D eigenvalue weighted by atomic mass is 9.95. The van der Waals surface area contributed by atoms with Crippen LogP contribution in [0.25, 0.3) is 0 Å². The minimum absolute atomic E-state index is 0.0105. The molecule has 0 aromatic heterocycles. The first kappa shape index (κ1) is 21.2. The molecule has 6 atom stereocenters. The van der Waals surface area contributed by atoms with E-state index in [1.54, 1.807) is 13.8 Å². The molecule has 2 aliphatic heterocycles. The van der Waals surface area contributed by atoms with Gasteiger partial charge in [-0.1, -0.05) is 30.3 Å². The lowest BCUT2D eigenvalue weighted by molar-refractivity contribution is -0.269. The second-order valence-electron chi connectivity index (χ2n) is 7.57. The van der Waals surface area contributed by atoms with Gasteiger partial charge in [-0.2, -0.15) is 0 Å². The molecule has 2 saturated heterocycles. The van der Waals surface area contributed by atoms with E-state index < -0.39 is 48.6 Å². The molecule has 0 amide bonds. The lowest BCUT2D eigenvalue weighted by Crippen LogP contribution is -2.56. The van der Waals surface area contributed by atoms with Crippen LogP contribution in [0.3, 0.4) is 0 Å². The molecule has 0 aliphatic carbocycles. The highest BCUT2D eigenvalue weighted by molar-refractivity contribution is 5.66. The first-order valence-corrected chi connectivity index (χ1v) is 9.41. The van der Waals surface area contributed by atoms with Gasteiger partial charge in [-0.15, -0.1) is 0 Å². The van der Waals surface area contributed by atoms with Crippen molar-refractivity contribution in [2.45, 2.75) is 76.4 Å². The van der Waals surface area contributed by atoms with Crippen molar-refractivity contribution in [3.05, 3.63) is 35.9 Å². The largest absolute Gasteiger partial charge is 0.436 e. The van der Waals surface area contributed by atoms with Crippen molar-refractivity contribution in [1.29, 1.82) is 0 Å². The predicted octanol–water partition coefficient (Wildman–Crippen LogP) is 1.12. The van der Waals surface area contributed by atoms with Gasteiger partial charge in [0.15, 0.2) is 5.79 Å². The molecule has 3 rings (SSSR count). The third kappa shape index (κ3) is 5.28. The molecule has 8 heteroatoms. The number of rotatable bonds is 6. The Labute approximate surface area is 164 Å². The SMILES string of the molecule is CC(=O)O[C@@H]1C[C@@H](O)[C@@H](O)[C@H]([C@H]2OC(C)(C)O[C@@H]2COCc2ccccc2)O1. The number of hydrogen-bond acceptors (Lipinski definition) is 8. The van der Waals surface area contributed by atoms with Crippen LogP contribution in [0.4, 0.5) is 0 Å². The Balaban J connectivity index is 1.66. The van der Waals surface area contributed by atoms with Gasteiger partial charge in [0.2, 0.25) is 6.29 Å². The Hall–Kier alpha value is -1.55. The number of benzene rings is 1. The minimum atomic E-state index is -1.20. The number of aliphatic hydroxyl groups is 2. The van der Waals surface area contributed by atoms with Crippen LogP contribution in [0.5, 0.6) is 0 Å². The average molecular weight is 396 g/mol. The standard InChI is InChI=1S/C20H28O8/c1-12(21)25-16-9-14(22)17(23)19(26-16)18-15(27-20(2,3)28-18)11-24-10-13-7-5-4-6-8-13/h4-8,14-19,22-23H,9-11H2,1-3H3/t14-,15-,16+,17-,18+,19-/m1/s1. The fourth-order valence-electron chi connectivity index (χ4n) is 3.54. The molecule has 0 radical (unpaired) electrons. The van der Waals surface area contributed by atoms with Crippen LogP contribution < -0.4 is 0 Å². The van der Waals surface area contributed by atoms with Crippen molar-refractivity contribution in [3.63, 3.8) is 0 Å². The summed E-state index contributed by atoms with van der Waals surface area (Å²) >= 11 is 0. The fourth-order valence-corrected chi connectivity index (χ4v) is 3.54. The Morgan fingerprint density at radius 1 is 1.18 bits per heavy atom. The number of esters is 1. The zero-order valence-corrected chi connectivity index (χ0v) is 16.3. The number of aliphatic hydroxyl groups excluding tert-OH is 2. The molecule has 156 valence electrons. The van der Waals surface area contributed by atoms with Crippen molar-refractivity contribution >= 4 is 5.97 Å². The van der Waals surface area contributed by atoms with Gasteiger partial charge in [0.1, 0.15) is 24.4 Å². The van der Waals surface area contributed by atoms with E-state index in [1.165, 1.54) is 6.92 Å². The highest BCUT2D eigenvalue weighted by Crippen LogP contribution is 2.35. The molecular formula is C20H28O8. The second kappa shape index (κ2) is 8.86. The minimum Gasteiger partial charge on any atom is -0.436 e. The van der Waals surface area contributed by atoms with Gasteiger partial charge in [-0.3, -0.25) is 4.79 Å². The summed E-state index contributed by atoms with van der Waals surface area (Å²) in [6.07, 6.45) is -5.44. The van der Waals surface area contributed by atoms with Crippen LogP contribution in [0, 0.1) is 0 Å². The summed E-state index contributed by atoms with van der Waals surface area (Å²) in [4.78, 5) is 11.2. The molecular weight excluding hydrogens is 368 g/mol. The molecule has 1 aromatic carbocycles. The quantitative estimate of drug-likeness (QED) is 0.690. The van der Waals surface area contributed by atoms with Gasteiger partial charge in [0, 0.05) is 13.3 Å². The number of carbonyl (C=O) groups excluding carboxylic acids is 1. The zero-order valence-electron chi connectivity index (χ0n) is 16.3. The van der Waals surface area contributed by atoms with Gasteiger partial charge in [0.25, 0.3) is 0 Å². The van der Waals surface area contributed by atoms with E-state index in [0.717, 1.165) is 5.56 Å². The zero-order chi connectivity index (χ0) is 20.3. The van der Waals surface area contributed by atoms with Crippen LogP contribution in [0.2, 0.25) is 0 Å². The van der Waals surface area contributed by atoms with Gasteiger partial charge >= 0.3 is 5.97 Å². The number of carbonyl (C=O) groups is 1. The molecule has 2 heterocycles. The van der Waals surface area contributed by atoms with E-state index in [1.807, 2.05) is 30.3 Å². The summed E-state index contributed by atoms with van der Waals surface area (Å²) in [6.45, 7) is 5.39. The number of hydrogen-bond donors (Lipinski definition) is 2. The molecule has 1 aromatic rings. The van der Waals surface area contributed by atoms with E-state index in [9.17, 15) is 15.0 Å². The predicted molar refractivity (Wildman–Crippen MR) is 97.0 cm³/mol. The first-order valence-electron chi connectivity index (χ1n) is 9.41. The Morgan fingerprint density at radius 3 is 2.57 bits per heavy atom. The van der Waals surface area contributed by atoms with Gasteiger partial charge in [-0.05, 0) is 19.4 Å². The molecule has 0 spiro atoms. The van der Waals surface area contributed by atoms with E-state index >= 15 is 0 Å². The summed E-state index contributed by atoms with van der Waals surface area (Å²) in [5.41, 5.74) is 1.02. The Morgan fingerprint density at radius 2 is 1.89 bits per heavy atom. The molecule has 2 fully saturated rings. The van der Waals surface area contributed by atoms with Crippen LogP contribution in [-0.4, -0.2) is 65.4 Å². The van der Waals surface area contributed by atoms with Crippen LogP contribution >= 0.6 is 0 Å². The maximum atomic E-state index is 11.2. The Kier molecular flexibility index (Phi) is 6.69. The normalized spacial score (nSPS) is 34.9. The van der Waals surface area contributed by atoms with Crippen molar-refractivity contribution < 1.29 is 38.7 Å². The van der Waals surface area contributed by atoms with Crippen molar-refractivity contribution in [3.8, 4) is 0 Å². The molecule has 28 heavy (non-hydrogen) atoms. The second-order valence-corrected chi connectivity index (χ2v) is 7.57. The Bertz CT molecular complexity index is 649. The number of ether oxygens (including phenoxy) is 5. The van der Waals surface area contributed by atoms with E-state index in [0.29, 0.717) is 6.61 Å². The van der Waals surface area contributed by atoms with Crippen molar-refractivity contribution in [2.24, 2.45) is 0 Å². The monoisotopic (exact) mass is 396 g/mol.